The van der Waals surface area contributed by atoms with Crippen LogP contribution < -0.4 is 5.32 Å². The Hall–Kier alpha value is -3.52. The normalized spacial score (nSPS) is 12.4. The number of nitrogens with one attached hydrogen (secondary N) is 2. The van der Waals surface area contributed by atoms with Gasteiger partial charge < -0.3 is 20.1 Å². The monoisotopic (exact) mass is 537 g/mol. The van der Waals surface area contributed by atoms with Gasteiger partial charge in [0.25, 0.3) is 5.91 Å². The van der Waals surface area contributed by atoms with E-state index in [0.717, 1.165) is 45.2 Å². The van der Waals surface area contributed by atoms with Crippen LogP contribution in [-0.4, -0.2) is 75.1 Å². The molecule has 9 nitrogen and oxygen atoms in total. The number of aromatic amines is 1. The molecule has 5 aromatic rings. The molecule has 5 rings (SSSR count). The average molecular weight is 537 g/mol. The zero-order valence-electron chi connectivity index (χ0n) is 22.7. The van der Waals surface area contributed by atoms with E-state index in [4.69, 9.17) is 17.6 Å². The van der Waals surface area contributed by atoms with Gasteiger partial charge in [-0.2, -0.15) is 5.10 Å². The molecule has 0 aliphatic rings. The highest BCUT2D eigenvalue weighted by Gasteiger charge is 2.21. The van der Waals surface area contributed by atoms with Crippen LogP contribution in [0.15, 0.2) is 48.8 Å². The Morgan fingerprint density at radius 3 is 2.77 bits per heavy atom. The van der Waals surface area contributed by atoms with E-state index >= 15 is 0 Å². The molecule has 2 aromatic carbocycles. The summed E-state index contributed by atoms with van der Waals surface area (Å²) in [5.41, 5.74) is 7.57. The van der Waals surface area contributed by atoms with Crippen molar-refractivity contribution in [3.05, 3.63) is 65.5 Å². The molecule has 196 valence electrons. The first-order valence-corrected chi connectivity index (χ1v) is 14.6. The summed E-state index contributed by atoms with van der Waals surface area (Å²) in [4.78, 5) is 27.1. The third-order valence-corrected chi connectivity index (χ3v) is 8.01. The maximum atomic E-state index is 12.4. The first-order chi connectivity index (χ1) is 18.7. The predicted molar refractivity (Wildman–Crippen MR) is 160 cm³/mol. The number of nitrogens with zero attached hydrogens (tertiary/aromatic N) is 5. The van der Waals surface area contributed by atoms with Crippen LogP contribution in [0.1, 0.15) is 28.4 Å². The number of pyridine rings is 1. The van der Waals surface area contributed by atoms with Crippen molar-refractivity contribution in [1.29, 1.82) is 0 Å². The van der Waals surface area contributed by atoms with Gasteiger partial charge in [-0.15, -0.1) is 0 Å². The second-order valence-corrected chi connectivity index (χ2v) is 11.1. The summed E-state index contributed by atoms with van der Waals surface area (Å²) in [5, 5.41) is 18.6. The standard InChI is InChI=1S/C27H30B2N7O2P/c1-6-35(29(3)38)15-18-13-31-14-21(16(18)2)17-10-11-23-20(12-17)25(34-36(23)39(5)28)26-32-22-9-7-8-19(24(22)33-26)27(37)30-4/h7-14,38H,6,15H2,1-5H3,(H,30,37)(H,32,33). The number of rotatable bonds is 8. The number of para-hydroxylation sites is 1. The lowest BCUT2D eigenvalue weighted by atomic mass is 9.84. The predicted octanol–water partition coefficient (Wildman–Crippen LogP) is 4.20. The van der Waals surface area contributed by atoms with Gasteiger partial charge in [0.2, 0.25) is 0 Å². The molecule has 0 spiro atoms. The molecule has 1 amide bonds. The van der Waals surface area contributed by atoms with E-state index in [9.17, 15) is 9.82 Å². The lowest BCUT2D eigenvalue weighted by Gasteiger charge is -2.22. The maximum absolute atomic E-state index is 12.4. The van der Waals surface area contributed by atoms with Crippen molar-refractivity contribution in [1.82, 2.24) is 34.6 Å². The fraction of sp³-hybridized carbons (Fsp3) is 0.259. The van der Waals surface area contributed by atoms with Gasteiger partial charge in [0, 0.05) is 36.9 Å². The molecule has 1 unspecified atom stereocenters. The summed E-state index contributed by atoms with van der Waals surface area (Å²) in [6, 6.07) is 11.7. The van der Waals surface area contributed by atoms with E-state index in [1.54, 1.807) is 19.9 Å². The van der Waals surface area contributed by atoms with Gasteiger partial charge in [0.15, 0.2) is 5.82 Å². The van der Waals surface area contributed by atoms with Crippen LogP contribution in [0.4, 0.5) is 0 Å². The molecule has 0 fully saturated rings. The molecule has 0 aliphatic heterocycles. The Bertz CT molecular complexity index is 1680. The highest BCUT2D eigenvalue weighted by Crippen LogP contribution is 2.38. The fourth-order valence-corrected chi connectivity index (χ4v) is 5.64. The highest BCUT2D eigenvalue weighted by molar-refractivity contribution is 7.80. The van der Waals surface area contributed by atoms with Gasteiger partial charge >= 0.3 is 7.05 Å². The van der Waals surface area contributed by atoms with E-state index in [1.165, 1.54) is 0 Å². The van der Waals surface area contributed by atoms with Gasteiger partial charge in [0.05, 0.1) is 16.6 Å². The van der Waals surface area contributed by atoms with Gasteiger partial charge in [-0.3, -0.25) is 14.2 Å². The average Bonchev–Trinajstić information content (AvgIpc) is 3.53. The second kappa shape index (κ2) is 10.9. The number of aromatic nitrogens is 5. The summed E-state index contributed by atoms with van der Waals surface area (Å²) < 4.78 is 1.85. The van der Waals surface area contributed by atoms with E-state index < -0.39 is 15.0 Å². The Labute approximate surface area is 230 Å². The van der Waals surface area contributed by atoms with Crippen molar-refractivity contribution in [3.63, 3.8) is 0 Å². The maximum Gasteiger partial charge on any atom is 0.376 e. The summed E-state index contributed by atoms with van der Waals surface area (Å²) in [6.07, 6.45) is 3.73. The Morgan fingerprint density at radius 2 is 2.08 bits per heavy atom. The van der Waals surface area contributed by atoms with Gasteiger partial charge in [-0.1, -0.05) is 19.1 Å². The lowest BCUT2D eigenvalue weighted by Crippen LogP contribution is -2.36. The van der Waals surface area contributed by atoms with Crippen molar-refractivity contribution in [2.24, 2.45) is 0 Å². The number of fused-ring (bicyclic) bond motifs is 2. The molecule has 39 heavy (non-hydrogen) atoms. The molecule has 0 bridgehead atoms. The highest BCUT2D eigenvalue weighted by atomic mass is 31.1. The minimum absolute atomic E-state index is 0.199. The molecule has 3 N–H and O–H groups in total. The van der Waals surface area contributed by atoms with Crippen LogP contribution in [-0.2, 0) is 6.54 Å². The zero-order valence-corrected chi connectivity index (χ0v) is 23.6. The summed E-state index contributed by atoms with van der Waals surface area (Å²) in [6.45, 7) is 9.17. The van der Waals surface area contributed by atoms with Gasteiger partial charge in [-0.25, -0.2) is 4.98 Å². The number of carbonyl (C=O) groups is 1. The Morgan fingerprint density at radius 1 is 1.28 bits per heavy atom. The molecule has 0 aliphatic carbocycles. The lowest BCUT2D eigenvalue weighted by molar-refractivity contribution is 0.0964. The van der Waals surface area contributed by atoms with Crippen LogP contribution >= 0.6 is 7.95 Å². The van der Waals surface area contributed by atoms with Crippen molar-refractivity contribution < 1.29 is 9.82 Å². The number of hydrogen-bond acceptors (Lipinski definition) is 6. The number of amides is 1. The Kier molecular flexibility index (Phi) is 7.58. The van der Waals surface area contributed by atoms with Crippen molar-refractivity contribution in [2.75, 3.05) is 20.3 Å². The first-order valence-electron chi connectivity index (χ1n) is 12.8. The van der Waals surface area contributed by atoms with E-state index in [2.05, 4.69) is 34.3 Å². The summed E-state index contributed by atoms with van der Waals surface area (Å²) >= 11 is 0. The van der Waals surface area contributed by atoms with E-state index in [1.807, 2.05) is 53.4 Å². The van der Waals surface area contributed by atoms with Crippen molar-refractivity contribution in [2.45, 2.75) is 27.2 Å². The van der Waals surface area contributed by atoms with Crippen LogP contribution in [0.25, 0.3) is 44.6 Å². The van der Waals surface area contributed by atoms with E-state index in [0.29, 0.717) is 29.1 Å². The summed E-state index contributed by atoms with van der Waals surface area (Å²) in [7, 11) is 6.37. The topological polar surface area (TPSA) is 112 Å². The Balaban J connectivity index is 1.66. The molecular formula is C27H30B2N7O2P. The molecule has 1 atom stereocenters. The number of hydrogen-bond donors (Lipinski definition) is 3. The molecule has 2 radical (unpaired) electrons. The van der Waals surface area contributed by atoms with Crippen molar-refractivity contribution >= 4 is 50.4 Å². The van der Waals surface area contributed by atoms with Crippen LogP contribution in [0.5, 0.6) is 0 Å². The smallest absolute Gasteiger partial charge is 0.376 e. The third-order valence-electron chi connectivity index (χ3n) is 7.11. The first kappa shape index (κ1) is 27.1. The minimum atomic E-state index is -1.04. The number of carbonyl (C=O) groups excluding carboxylic acids is 1. The van der Waals surface area contributed by atoms with Gasteiger partial charge in [0.1, 0.15) is 18.8 Å². The molecule has 3 aromatic heterocycles. The van der Waals surface area contributed by atoms with Crippen molar-refractivity contribution in [3.8, 4) is 22.6 Å². The SMILES string of the molecule is [B]P(C)n1nc(-c2nc3c(C(=O)NC)cccc3[nH]2)c2cc(-c3cncc(CN(CC)B(C)O)c3C)ccc21. The molecule has 0 saturated carbocycles. The van der Waals surface area contributed by atoms with E-state index in [-0.39, 0.29) is 5.91 Å². The molecule has 12 heteroatoms. The summed E-state index contributed by atoms with van der Waals surface area (Å²) in [5.74, 6) is 0.369. The van der Waals surface area contributed by atoms with Crippen LogP contribution in [0.2, 0.25) is 6.82 Å². The number of imidazole rings is 1. The van der Waals surface area contributed by atoms with Crippen LogP contribution in [0.3, 0.4) is 0 Å². The molecule has 0 saturated heterocycles. The number of H-pyrrole nitrogens is 1. The van der Waals surface area contributed by atoms with Gasteiger partial charge in [-0.05, 0) is 75.9 Å². The fourth-order valence-electron chi connectivity index (χ4n) is 4.89. The number of benzene rings is 2. The van der Waals surface area contributed by atoms with Crippen LogP contribution in [0, 0.1) is 6.92 Å². The molecule has 3 heterocycles. The zero-order chi connectivity index (χ0) is 27.8. The molecular weight excluding hydrogens is 507 g/mol. The second-order valence-electron chi connectivity index (χ2n) is 9.58. The quantitative estimate of drug-likeness (QED) is 0.202. The largest absolute Gasteiger partial charge is 0.437 e. The third kappa shape index (κ3) is 4.98. The minimum Gasteiger partial charge on any atom is -0.437 e.